The van der Waals surface area contributed by atoms with Crippen LogP contribution in [0.3, 0.4) is 0 Å². The summed E-state index contributed by atoms with van der Waals surface area (Å²) >= 11 is 0. The van der Waals surface area contributed by atoms with Gasteiger partial charge in [0, 0.05) is 12.1 Å². The number of halogens is 1. The first-order valence-corrected chi connectivity index (χ1v) is 9.59. The molecule has 0 atom stereocenters. The van der Waals surface area contributed by atoms with Gasteiger partial charge < -0.3 is 9.72 Å². The van der Waals surface area contributed by atoms with E-state index >= 15 is 0 Å². The van der Waals surface area contributed by atoms with Gasteiger partial charge in [0.25, 0.3) is 5.56 Å². The maximum Gasteiger partial charge on any atom is 0.374 e. The average molecular weight is 438 g/mol. The van der Waals surface area contributed by atoms with Gasteiger partial charge in [0.2, 0.25) is 5.78 Å². The third kappa shape index (κ3) is 5.12. The van der Waals surface area contributed by atoms with E-state index in [4.69, 9.17) is 0 Å². The fraction of sp³-hybridized carbons (Fsp3) is 0.174. The quantitative estimate of drug-likeness (QED) is 0.247. The Morgan fingerprint density at radius 2 is 1.62 bits per heavy atom. The summed E-state index contributed by atoms with van der Waals surface area (Å²) < 4.78 is 18.3. The molecule has 0 aliphatic rings. The molecule has 8 nitrogen and oxygen atoms in total. The van der Waals surface area contributed by atoms with Crippen LogP contribution in [0.25, 0.3) is 0 Å². The molecule has 0 saturated carbocycles. The molecule has 0 amide bonds. The van der Waals surface area contributed by atoms with Gasteiger partial charge in [0.05, 0.1) is 20.1 Å². The summed E-state index contributed by atoms with van der Waals surface area (Å²) in [5.74, 6) is -3.72. The Morgan fingerprint density at radius 1 is 0.969 bits per heavy atom. The van der Waals surface area contributed by atoms with Crippen LogP contribution < -0.4 is 11.2 Å². The van der Waals surface area contributed by atoms with E-state index in [1.54, 1.807) is 30.3 Å². The largest absolute Gasteiger partial charge is 0.463 e. The van der Waals surface area contributed by atoms with E-state index < -0.39 is 46.6 Å². The molecule has 0 unspecified atom stereocenters. The van der Waals surface area contributed by atoms with Crippen molar-refractivity contribution >= 4 is 17.5 Å². The van der Waals surface area contributed by atoms with Crippen molar-refractivity contribution in [3.05, 3.63) is 104 Å². The lowest BCUT2D eigenvalue weighted by molar-refractivity contribution is -0.151. The number of nitrogens with one attached hydrogen (secondary N) is 1. The number of esters is 1. The third-order valence-electron chi connectivity index (χ3n) is 4.75. The standard InChI is InChI=1S/C23H19FN2O6/c1-32-22(30)19(28)12-18(27)20-17(11-14-5-3-2-4-6-14)25-23(31)26(21(20)29)13-15-7-9-16(24)10-8-15/h2-10H,11-13H2,1H3,(H,25,31). The van der Waals surface area contributed by atoms with E-state index in [-0.39, 0.29) is 18.7 Å². The van der Waals surface area contributed by atoms with Gasteiger partial charge in [-0.15, -0.1) is 0 Å². The Kier molecular flexibility index (Phi) is 6.89. The number of aromatic nitrogens is 2. The molecule has 0 saturated heterocycles. The Bertz CT molecular complexity index is 1280. The number of carbonyl (C=O) groups excluding carboxylic acids is 3. The van der Waals surface area contributed by atoms with Crippen molar-refractivity contribution in [3.8, 4) is 0 Å². The highest BCUT2D eigenvalue weighted by Gasteiger charge is 2.26. The number of H-pyrrole nitrogens is 1. The summed E-state index contributed by atoms with van der Waals surface area (Å²) in [5, 5.41) is 0. The summed E-state index contributed by atoms with van der Waals surface area (Å²) in [4.78, 5) is 64.5. The molecule has 0 radical (unpaired) electrons. The van der Waals surface area contributed by atoms with E-state index in [1.165, 1.54) is 24.3 Å². The van der Waals surface area contributed by atoms with Crippen LogP contribution in [0, 0.1) is 5.82 Å². The number of nitrogens with zero attached hydrogens (tertiary/aromatic N) is 1. The molecule has 0 aliphatic carbocycles. The first-order chi connectivity index (χ1) is 15.3. The second kappa shape index (κ2) is 9.78. The van der Waals surface area contributed by atoms with Gasteiger partial charge >= 0.3 is 11.7 Å². The Morgan fingerprint density at radius 3 is 2.25 bits per heavy atom. The summed E-state index contributed by atoms with van der Waals surface area (Å²) in [6.07, 6.45) is -0.831. The topological polar surface area (TPSA) is 115 Å². The lowest BCUT2D eigenvalue weighted by Crippen LogP contribution is -2.41. The van der Waals surface area contributed by atoms with Crippen LogP contribution in [0.1, 0.15) is 33.6 Å². The highest BCUT2D eigenvalue weighted by atomic mass is 19.1. The van der Waals surface area contributed by atoms with Crippen LogP contribution >= 0.6 is 0 Å². The van der Waals surface area contributed by atoms with E-state index in [0.717, 1.165) is 11.7 Å². The molecule has 1 heterocycles. The molecule has 0 aliphatic heterocycles. The van der Waals surface area contributed by atoms with Crippen LogP contribution in [0.2, 0.25) is 0 Å². The van der Waals surface area contributed by atoms with Gasteiger partial charge in [-0.05, 0) is 23.3 Å². The second-order valence-electron chi connectivity index (χ2n) is 6.98. The second-order valence-corrected chi connectivity index (χ2v) is 6.98. The molecule has 2 aromatic carbocycles. The van der Waals surface area contributed by atoms with Crippen LogP contribution in [-0.2, 0) is 27.3 Å². The number of carbonyl (C=O) groups is 3. The summed E-state index contributed by atoms with van der Waals surface area (Å²) in [7, 11) is 1.00. The van der Waals surface area contributed by atoms with E-state index in [9.17, 15) is 28.4 Å². The number of ether oxygens (including phenoxy) is 1. The third-order valence-corrected chi connectivity index (χ3v) is 4.75. The Balaban J connectivity index is 2.08. The zero-order chi connectivity index (χ0) is 23.3. The van der Waals surface area contributed by atoms with Crippen LogP contribution in [0.15, 0.2) is 64.2 Å². The Labute approximate surface area is 181 Å². The minimum absolute atomic E-state index is 0.0317. The number of benzene rings is 2. The number of methoxy groups -OCH3 is 1. The molecule has 3 aromatic rings. The molecule has 1 N–H and O–H groups in total. The highest BCUT2D eigenvalue weighted by molar-refractivity contribution is 6.38. The maximum absolute atomic E-state index is 13.2. The molecular weight excluding hydrogens is 419 g/mol. The molecule has 32 heavy (non-hydrogen) atoms. The average Bonchev–Trinajstić information content (AvgIpc) is 2.77. The van der Waals surface area contributed by atoms with E-state index in [0.29, 0.717) is 11.1 Å². The van der Waals surface area contributed by atoms with Gasteiger partial charge in [0.1, 0.15) is 11.4 Å². The highest BCUT2D eigenvalue weighted by Crippen LogP contribution is 2.12. The lowest BCUT2D eigenvalue weighted by atomic mass is 10.0. The van der Waals surface area contributed by atoms with Crippen LogP contribution in [0.5, 0.6) is 0 Å². The zero-order valence-corrected chi connectivity index (χ0v) is 17.1. The van der Waals surface area contributed by atoms with Gasteiger partial charge in [-0.3, -0.25) is 19.0 Å². The van der Waals surface area contributed by atoms with Crippen molar-refractivity contribution < 1.29 is 23.5 Å². The molecule has 9 heteroatoms. The molecule has 0 fully saturated rings. The summed E-state index contributed by atoms with van der Waals surface area (Å²) in [6.45, 7) is -0.217. The first-order valence-electron chi connectivity index (χ1n) is 9.59. The number of aromatic amines is 1. The van der Waals surface area contributed by atoms with Crippen molar-refractivity contribution in [3.63, 3.8) is 0 Å². The molecule has 1 aromatic heterocycles. The molecule has 164 valence electrons. The fourth-order valence-electron chi connectivity index (χ4n) is 3.17. The monoisotopic (exact) mass is 438 g/mol. The van der Waals surface area contributed by atoms with Crippen molar-refractivity contribution in [2.45, 2.75) is 19.4 Å². The van der Waals surface area contributed by atoms with Gasteiger partial charge in [-0.25, -0.2) is 14.0 Å². The van der Waals surface area contributed by atoms with E-state index in [1.807, 2.05) is 0 Å². The number of ketones is 2. The minimum atomic E-state index is -1.21. The van der Waals surface area contributed by atoms with Crippen molar-refractivity contribution in [2.24, 2.45) is 0 Å². The molecule has 3 rings (SSSR count). The normalized spacial score (nSPS) is 10.6. The number of Topliss-reactive ketones (excluding diaryl/α,β-unsaturated/α-hetero) is 2. The predicted molar refractivity (Wildman–Crippen MR) is 112 cm³/mol. The first kappa shape index (κ1) is 22.5. The summed E-state index contributed by atoms with van der Waals surface area (Å²) in [5.41, 5.74) is -0.865. The van der Waals surface area contributed by atoms with Crippen LogP contribution in [-0.4, -0.2) is 34.2 Å². The van der Waals surface area contributed by atoms with Crippen LogP contribution in [0.4, 0.5) is 4.39 Å². The fourth-order valence-corrected chi connectivity index (χ4v) is 3.17. The SMILES string of the molecule is COC(=O)C(=O)CC(=O)c1c(Cc2ccccc2)[nH]c(=O)n(Cc2ccc(F)cc2)c1=O. The van der Waals surface area contributed by atoms with Crippen molar-refractivity contribution in [1.82, 2.24) is 9.55 Å². The zero-order valence-electron chi connectivity index (χ0n) is 17.1. The smallest absolute Gasteiger partial charge is 0.374 e. The molecular formula is C23H19FN2O6. The minimum Gasteiger partial charge on any atom is -0.463 e. The van der Waals surface area contributed by atoms with Gasteiger partial charge in [0.15, 0.2) is 5.78 Å². The number of rotatable bonds is 8. The number of hydrogen-bond acceptors (Lipinski definition) is 6. The van der Waals surface area contributed by atoms with Gasteiger partial charge in [-0.2, -0.15) is 0 Å². The number of hydrogen-bond donors (Lipinski definition) is 1. The van der Waals surface area contributed by atoms with Gasteiger partial charge in [-0.1, -0.05) is 42.5 Å². The lowest BCUT2D eigenvalue weighted by Gasteiger charge is -2.12. The maximum atomic E-state index is 13.2. The summed E-state index contributed by atoms with van der Waals surface area (Å²) in [6, 6.07) is 14.0. The van der Waals surface area contributed by atoms with Crippen molar-refractivity contribution in [2.75, 3.05) is 7.11 Å². The van der Waals surface area contributed by atoms with Crippen molar-refractivity contribution in [1.29, 1.82) is 0 Å². The molecule has 0 spiro atoms. The predicted octanol–water partition coefficient (Wildman–Crippen LogP) is 1.63. The van der Waals surface area contributed by atoms with E-state index in [2.05, 4.69) is 9.72 Å². The molecule has 0 bridgehead atoms. The Hall–Kier alpha value is -4.14.